The van der Waals surface area contributed by atoms with Crippen LogP contribution < -0.4 is 10.5 Å². The number of ether oxygens (including phenoxy) is 1. The molecule has 1 aromatic rings. The van der Waals surface area contributed by atoms with Crippen molar-refractivity contribution >= 4 is 21.6 Å². The van der Waals surface area contributed by atoms with E-state index in [0.29, 0.717) is 22.5 Å². The molecule has 96 valence electrons. The molecule has 0 spiro atoms. The zero-order chi connectivity index (χ0) is 12.8. The van der Waals surface area contributed by atoms with Crippen LogP contribution in [0.2, 0.25) is 0 Å². The Hall–Kier alpha value is -0.810. The maximum Gasteiger partial charge on any atom is 0.145 e. The van der Waals surface area contributed by atoms with Crippen LogP contribution in [0.4, 0.5) is 10.1 Å². The zero-order valence-electron chi connectivity index (χ0n) is 10.2. The summed E-state index contributed by atoms with van der Waals surface area (Å²) in [7, 11) is 0. The second-order valence-corrected chi connectivity index (χ2v) is 4.53. The number of nitrogens with two attached hydrogens (primary N) is 1. The van der Waals surface area contributed by atoms with Crippen molar-refractivity contribution in [2.45, 2.75) is 13.8 Å². The highest BCUT2D eigenvalue weighted by Gasteiger charge is 2.07. The maximum atomic E-state index is 13.3. The van der Waals surface area contributed by atoms with Crippen LogP contribution in [0.1, 0.15) is 13.8 Å². The van der Waals surface area contributed by atoms with E-state index in [-0.39, 0.29) is 5.82 Å². The molecular formula is C12H18BrFN2O. The van der Waals surface area contributed by atoms with Gasteiger partial charge >= 0.3 is 0 Å². The molecule has 0 aliphatic carbocycles. The second kappa shape index (κ2) is 6.81. The minimum absolute atomic E-state index is 0.353. The Morgan fingerprint density at radius 1 is 1.35 bits per heavy atom. The molecule has 0 radical (unpaired) electrons. The monoisotopic (exact) mass is 304 g/mol. The molecule has 0 saturated carbocycles. The third-order valence-corrected chi connectivity index (χ3v) is 3.22. The summed E-state index contributed by atoms with van der Waals surface area (Å²) in [6.07, 6.45) is 0. The van der Waals surface area contributed by atoms with Gasteiger partial charge in [0.15, 0.2) is 0 Å². The average molecular weight is 305 g/mol. The summed E-state index contributed by atoms with van der Waals surface area (Å²) in [5, 5.41) is 0. The van der Waals surface area contributed by atoms with Crippen molar-refractivity contribution in [2.24, 2.45) is 0 Å². The van der Waals surface area contributed by atoms with E-state index in [2.05, 4.69) is 34.7 Å². The van der Waals surface area contributed by atoms with E-state index in [9.17, 15) is 4.39 Å². The lowest BCUT2D eigenvalue weighted by atomic mass is 10.3. The molecule has 0 aromatic heterocycles. The lowest BCUT2D eigenvalue weighted by Crippen LogP contribution is -2.28. The van der Waals surface area contributed by atoms with Gasteiger partial charge in [0.25, 0.3) is 0 Å². The maximum absolute atomic E-state index is 13.3. The molecule has 0 bridgehead atoms. The number of halogens is 2. The highest BCUT2D eigenvalue weighted by Crippen LogP contribution is 2.28. The predicted molar refractivity (Wildman–Crippen MR) is 71.8 cm³/mol. The smallest absolute Gasteiger partial charge is 0.145 e. The SMILES string of the molecule is CCN(CC)CCOc1cc(F)c(Br)cc1N. The van der Waals surface area contributed by atoms with Gasteiger partial charge in [0.2, 0.25) is 0 Å². The molecule has 1 rings (SSSR count). The van der Waals surface area contributed by atoms with E-state index in [1.807, 2.05) is 0 Å². The Morgan fingerprint density at radius 3 is 2.59 bits per heavy atom. The number of anilines is 1. The summed E-state index contributed by atoms with van der Waals surface area (Å²) in [4.78, 5) is 2.23. The largest absolute Gasteiger partial charge is 0.490 e. The number of rotatable bonds is 6. The Kier molecular flexibility index (Phi) is 5.71. The second-order valence-electron chi connectivity index (χ2n) is 3.68. The molecule has 5 heteroatoms. The molecule has 17 heavy (non-hydrogen) atoms. The standard InChI is InChI=1S/C12H18BrFN2O/c1-3-16(4-2)5-6-17-12-8-10(14)9(13)7-11(12)15/h7-8H,3-6,15H2,1-2H3. The van der Waals surface area contributed by atoms with E-state index in [1.54, 1.807) is 0 Å². The van der Waals surface area contributed by atoms with Crippen LogP contribution in [0.15, 0.2) is 16.6 Å². The summed E-state index contributed by atoms with van der Waals surface area (Å²) >= 11 is 3.08. The molecule has 0 amide bonds. The normalized spacial score (nSPS) is 10.9. The van der Waals surface area contributed by atoms with Crippen molar-refractivity contribution in [3.8, 4) is 5.75 Å². The van der Waals surface area contributed by atoms with Crippen LogP contribution in [0.5, 0.6) is 5.75 Å². The summed E-state index contributed by atoms with van der Waals surface area (Å²) < 4.78 is 19.1. The summed E-state index contributed by atoms with van der Waals surface area (Å²) in [6, 6.07) is 2.82. The highest BCUT2D eigenvalue weighted by molar-refractivity contribution is 9.10. The molecule has 0 saturated heterocycles. The first kappa shape index (κ1) is 14.3. The Bertz CT molecular complexity index is 370. The van der Waals surface area contributed by atoms with Gasteiger partial charge in [0.05, 0.1) is 10.2 Å². The summed E-state index contributed by atoms with van der Waals surface area (Å²) in [6.45, 7) is 7.46. The van der Waals surface area contributed by atoms with Crippen LogP contribution in [0.25, 0.3) is 0 Å². The van der Waals surface area contributed by atoms with Crippen LogP contribution in [-0.2, 0) is 0 Å². The van der Waals surface area contributed by atoms with Crippen molar-refractivity contribution in [2.75, 3.05) is 32.0 Å². The van der Waals surface area contributed by atoms with Gasteiger partial charge in [-0.2, -0.15) is 0 Å². The van der Waals surface area contributed by atoms with Gasteiger partial charge in [-0.1, -0.05) is 13.8 Å². The number of hydrogen-bond acceptors (Lipinski definition) is 3. The molecular weight excluding hydrogens is 287 g/mol. The number of hydrogen-bond donors (Lipinski definition) is 1. The van der Waals surface area contributed by atoms with Crippen molar-refractivity contribution in [1.29, 1.82) is 0 Å². The Labute approximate surface area is 110 Å². The van der Waals surface area contributed by atoms with Crippen molar-refractivity contribution in [1.82, 2.24) is 4.90 Å². The first-order chi connectivity index (χ1) is 8.08. The Morgan fingerprint density at radius 2 is 2.00 bits per heavy atom. The number of likely N-dealkylation sites (N-methyl/N-ethyl adjacent to an activating group) is 1. The minimum atomic E-state index is -0.364. The fourth-order valence-corrected chi connectivity index (χ4v) is 1.85. The van der Waals surface area contributed by atoms with Crippen LogP contribution in [0.3, 0.4) is 0 Å². The number of nitrogen functional groups attached to an aromatic ring is 1. The van der Waals surface area contributed by atoms with Crippen LogP contribution >= 0.6 is 15.9 Å². The minimum Gasteiger partial charge on any atom is -0.490 e. The first-order valence-corrected chi connectivity index (χ1v) is 6.47. The molecule has 0 heterocycles. The number of nitrogens with zero attached hydrogens (tertiary/aromatic N) is 1. The topological polar surface area (TPSA) is 38.5 Å². The van der Waals surface area contributed by atoms with E-state index in [0.717, 1.165) is 19.6 Å². The van der Waals surface area contributed by atoms with E-state index >= 15 is 0 Å². The first-order valence-electron chi connectivity index (χ1n) is 5.68. The molecule has 0 aliphatic heterocycles. The molecule has 3 nitrogen and oxygen atoms in total. The molecule has 0 unspecified atom stereocenters. The van der Waals surface area contributed by atoms with Gasteiger partial charge in [-0.3, -0.25) is 0 Å². The molecule has 0 atom stereocenters. The Balaban J connectivity index is 2.55. The van der Waals surface area contributed by atoms with Gasteiger partial charge in [-0.15, -0.1) is 0 Å². The summed E-state index contributed by atoms with van der Waals surface area (Å²) in [5.41, 5.74) is 6.18. The molecule has 0 aliphatic rings. The summed E-state index contributed by atoms with van der Waals surface area (Å²) in [5.74, 6) is 0.0369. The van der Waals surface area contributed by atoms with Crippen LogP contribution in [-0.4, -0.2) is 31.1 Å². The van der Waals surface area contributed by atoms with E-state index in [1.165, 1.54) is 12.1 Å². The zero-order valence-corrected chi connectivity index (χ0v) is 11.8. The van der Waals surface area contributed by atoms with Crippen molar-refractivity contribution in [3.63, 3.8) is 0 Å². The van der Waals surface area contributed by atoms with Crippen molar-refractivity contribution in [3.05, 3.63) is 22.4 Å². The lowest BCUT2D eigenvalue weighted by Gasteiger charge is -2.18. The van der Waals surface area contributed by atoms with Crippen LogP contribution in [0, 0.1) is 5.82 Å². The fourth-order valence-electron chi connectivity index (χ4n) is 1.49. The highest BCUT2D eigenvalue weighted by atomic mass is 79.9. The third kappa shape index (κ3) is 4.16. The lowest BCUT2D eigenvalue weighted by molar-refractivity contribution is 0.223. The molecule has 0 fully saturated rings. The van der Waals surface area contributed by atoms with E-state index < -0.39 is 0 Å². The van der Waals surface area contributed by atoms with Gasteiger partial charge in [0.1, 0.15) is 18.2 Å². The molecule has 2 N–H and O–H groups in total. The average Bonchev–Trinajstić information content (AvgIpc) is 2.31. The quantitative estimate of drug-likeness (QED) is 0.821. The van der Waals surface area contributed by atoms with Gasteiger partial charge in [0, 0.05) is 12.6 Å². The van der Waals surface area contributed by atoms with Gasteiger partial charge in [-0.25, -0.2) is 4.39 Å². The van der Waals surface area contributed by atoms with Gasteiger partial charge < -0.3 is 15.4 Å². The van der Waals surface area contributed by atoms with E-state index in [4.69, 9.17) is 10.5 Å². The number of benzene rings is 1. The molecule has 1 aromatic carbocycles. The van der Waals surface area contributed by atoms with Gasteiger partial charge in [-0.05, 0) is 35.1 Å². The third-order valence-electron chi connectivity index (χ3n) is 2.61. The fraction of sp³-hybridized carbons (Fsp3) is 0.500. The predicted octanol–water partition coefficient (Wildman–Crippen LogP) is 2.89. The van der Waals surface area contributed by atoms with Crippen molar-refractivity contribution < 1.29 is 9.13 Å².